The Balaban J connectivity index is 2.82. The lowest BCUT2D eigenvalue weighted by Crippen LogP contribution is -2.13. The van der Waals surface area contributed by atoms with Crippen molar-refractivity contribution in [3.8, 4) is 11.8 Å². The molecule has 0 saturated carbocycles. The molecule has 17 heavy (non-hydrogen) atoms. The fourth-order valence-electron chi connectivity index (χ4n) is 1.74. The highest BCUT2D eigenvalue weighted by Gasteiger charge is 2.09. The monoisotopic (exact) mass is 249 g/mol. The van der Waals surface area contributed by atoms with Gasteiger partial charge in [0, 0.05) is 5.92 Å². The highest BCUT2D eigenvalue weighted by Crippen LogP contribution is 2.25. The summed E-state index contributed by atoms with van der Waals surface area (Å²) in [7, 11) is 0. The minimum Gasteiger partial charge on any atom is -0.493 e. The maximum atomic E-state index is 8.87. The number of nitrogens with zero attached hydrogens (tertiary/aromatic N) is 1. The van der Waals surface area contributed by atoms with Gasteiger partial charge in [-0.25, -0.2) is 0 Å². The highest BCUT2D eigenvalue weighted by molar-refractivity contribution is 7.80. The smallest absolute Gasteiger partial charge is 0.125 e. The summed E-state index contributed by atoms with van der Waals surface area (Å²) in [6, 6.07) is 5.89. The SMILES string of the molecule is CCC(CS)COc1c(C)cc(C#N)cc1C. The Morgan fingerprint density at radius 2 is 1.94 bits per heavy atom. The van der Waals surface area contributed by atoms with Crippen LogP contribution in [0.4, 0.5) is 0 Å². The van der Waals surface area contributed by atoms with Gasteiger partial charge in [0.25, 0.3) is 0 Å². The minimum atomic E-state index is 0.479. The molecule has 0 aliphatic carbocycles. The van der Waals surface area contributed by atoms with Crippen molar-refractivity contribution >= 4 is 12.6 Å². The number of hydrogen-bond donors (Lipinski definition) is 1. The van der Waals surface area contributed by atoms with Crippen LogP contribution in [-0.2, 0) is 0 Å². The van der Waals surface area contributed by atoms with E-state index in [2.05, 4.69) is 25.6 Å². The molecular weight excluding hydrogens is 230 g/mol. The average Bonchev–Trinajstić information content (AvgIpc) is 2.32. The zero-order valence-corrected chi connectivity index (χ0v) is 11.6. The van der Waals surface area contributed by atoms with Gasteiger partial charge in [-0.15, -0.1) is 0 Å². The number of nitriles is 1. The molecule has 1 aromatic rings. The molecule has 0 fully saturated rings. The van der Waals surface area contributed by atoms with Crippen molar-refractivity contribution in [1.82, 2.24) is 0 Å². The zero-order valence-electron chi connectivity index (χ0n) is 10.7. The molecule has 2 nitrogen and oxygen atoms in total. The lowest BCUT2D eigenvalue weighted by Gasteiger charge is -2.16. The Kier molecular flexibility index (Phi) is 5.37. The number of ether oxygens (including phenoxy) is 1. The summed E-state index contributed by atoms with van der Waals surface area (Å²) in [6.45, 7) is 6.78. The van der Waals surface area contributed by atoms with E-state index in [1.165, 1.54) is 0 Å². The molecule has 0 aliphatic heterocycles. The average molecular weight is 249 g/mol. The molecule has 0 aromatic heterocycles. The molecule has 0 amide bonds. The van der Waals surface area contributed by atoms with E-state index in [-0.39, 0.29) is 0 Å². The van der Waals surface area contributed by atoms with E-state index in [1.54, 1.807) is 0 Å². The fourth-order valence-corrected chi connectivity index (χ4v) is 2.11. The zero-order chi connectivity index (χ0) is 12.8. The third-order valence-corrected chi connectivity index (χ3v) is 3.40. The van der Waals surface area contributed by atoms with Crippen LogP contribution in [0.2, 0.25) is 0 Å². The normalized spacial score (nSPS) is 11.9. The van der Waals surface area contributed by atoms with E-state index in [0.717, 1.165) is 29.1 Å². The quantitative estimate of drug-likeness (QED) is 0.810. The van der Waals surface area contributed by atoms with Crippen LogP contribution in [0.5, 0.6) is 5.75 Å². The van der Waals surface area contributed by atoms with Gasteiger partial charge in [0.1, 0.15) is 5.75 Å². The highest BCUT2D eigenvalue weighted by atomic mass is 32.1. The second-order valence-electron chi connectivity index (χ2n) is 4.32. The molecular formula is C14H19NOS. The van der Waals surface area contributed by atoms with Crippen LogP contribution < -0.4 is 4.74 Å². The molecule has 1 aromatic carbocycles. The van der Waals surface area contributed by atoms with Gasteiger partial charge in [0.2, 0.25) is 0 Å². The van der Waals surface area contributed by atoms with Crippen LogP contribution in [0.1, 0.15) is 30.0 Å². The Hall–Kier alpha value is -1.14. The van der Waals surface area contributed by atoms with Crippen molar-refractivity contribution in [2.75, 3.05) is 12.4 Å². The van der Waals surface area contributed by atoms with Crippen LogP contribution in [0.15, 0.2) is 12.1 Å². The largest absolute Gasteiger partial charge is 0.493 e. The standard InChI is InChI=1S/C14H19NOS/c1-4-12(9-17)8-16-14-10(2)5-13(7-15)6-11(14)3/h5-6,12,17H,4,8-9H2,1-3H3. The molecule has 0 bridgehead atoms. The van der Waals surface area contributed by atoms with Gasteiger partial charge in [-0.2, -0.15) is 17.9 Å². The molecule has 3 heteroatoms. The van der Waals surface area contributed by atoms with Crippen LogP contribution in [-0.4, -0.2) is 12.4 Å². The molecule has 0 spiro atoms. The number of aryl methyl sites for hydroxylation is 2. The molecule has 1 atom stereocenters. The van der Waals surface area contributed by atoms with Crippen molar-refractivity contribution in [2.45, 2.75) is 27.2 Å². The summed E-state index contributed by atoms with van der Waals surface area (Å²) in [5.41, 5.74) is 2.74. The number of hydrogen-bond acceptors (Lipinski definition) is 3. The Labute approximate surface area is 109 Å². The van der Waals surface area contributed by atoms with E-state index < -0.39 is 0 Å². The van der Waals surface area contributed by atoms with Gasteiger partial charge in [-0.3, -0.25) is 0 Å². The first-order valence-electron chi connectivity index (χ1n) is 5.87. The predicted octanol–water partition coefficient (Wildman–Crippen LogP) is 3.51. The van der Waals surface area contributed by atoms with E-state index in [9.17, 15) is 0 Å². The van der Waals surface area contributed by atoms with Gasteiger partial charge < -0.3 is 4.74 Å². The maximum absolute atomic E-state index is 8.87. The van der Waals surface area contributed by atoms with Gasteiger partial charge in [0.15, 0.2) is 0 Å². The van der Waals surface area contributed by atoms with Gasteiger partial charge >= 0.3 is 0 Å². The number of rotatable bonds is 5. The number of benzene rings is 1. The third kappa shape index (κ3) is 3.67. The Morgan fingerprint density at radius 1 is 1.35 bits per heavy atom. The summed E-state index contributed by atoms with van der Waals surface area (Å²) >= 11 is 4.30. The van der Waals surface area contributed by atoms with Crippen LogP contribution in [0.3, 0.4) is 0 Å². The van der Waals surface area contributed by atoms with Crippen LogP contribution in [0.25, 0.3) is 0 Å². The van der Waals surface area contributed by atoms with Crippen molar-refractivity contribution in [3.05, 3.63) is 28.8 Å². The summed E-state index contributed by atoms with van der Waals surface area (Å²) in [6.07, 6.45) is 1.07. The van der Waals surface area contributed by atoms with Gasteiger partial charge in [0.05, 0.1) is 18.2 Å². The second-order valence-corrected chi connectivity index (χ2v) is 4.68. The molecule has 0 N–H and O–H groups in total. The van der Waals surface area contributed by atoms with Crippen molar-refractivity contribution in [3.63, 3.8) is 0 Å². The van der Waals surface area contributed by atoms with E-state index >= 15 is 0 Å². The van der Waals surface area contributed by atoms with Crippen molar-refractivity contribution < 1.29 is 4.74 Å². The lowest BCUT2D eigenvalue weighted by atomic mass is 10.1. The Morgan fingerprint density at radius 3 is 2.35 bits per heavy atom. The fraction of sp³-hybridized carbons (Fsp3) is 0.500. The molecule has 1 rings (SSSR count). The van der Waals surface area contributed by atoms with Gasteiger partial charge in [-0.05, 0) is 49.3 Å². The van der Waals surface area contributed by atoms with Crippen LogP contribution >= 0.6 is 12.6 Å². The first-order chi connectivity index (χ1) is 8.12. The first-order valence-corrected chi connectivity index (χ1v) is 6.50. The summed E-state index contributed by atoms with van der Waals surface area (Å²) in [4.78, 5) is 0. The first kappa shape index (κ1) is 13.9. The second kappa shape index (κ2) is 6.56. The van der Waals surface area contributed by atoms with E-state index in [1.807, 2.05) is 26.0 Å². The summed E-state index contributed by atoms with van der Waals surface area (Å²) in [5, 5.41) is 8.87. The molecule has 92 valence electrons. The van der Waals surface area contributed by atoms with E-state index in [4.69, 9.17) is 10.00 Å². The molecule has 0 heterocycles. The van der Waals surface area contributed by atoms with Gasteiger partial charge in [-0.1, -0.05) is 6.92 Å². The predicted molar refractivity (Wildman–Crippen MR) is 73.8 cm³/mol. The summed E-state index contributed by atoms with van der Waals surface area (Å²) in [5.74, 6) is 2.22. The van der Waals surface area contributed by atoms with E-state index in [0.29, 0.717) is 18.1 Å². The topological polar surface area (TPSA) is 33.0 Å². The third-order valence-electron chi connectivity index (χ3n) is 2.89. The molecule has 1 unspecified atom stereocenters. The molecule has 0 radical (unpaired) electrons. The summed E-state index contributed by atoms with van der Waals surface area (Å²) < 4.78 is 5.85. The minimum absolute atomic E-state index is 0.479. The lowest BCUT2D eigenvalue weighted by molar-refractivity contribution is 0.256. The Bertz CT molecular complexity index is 396. The van der Waals surface area contributed by atoms with Crippen molar-refractivity contribution in [2.24, 2.45) is 5.92 Å². The van der Waals surface area contributed by atoms with Crippen molar-refractivity contribution in [1.29, 1.82) is 5.26 Å². The molecule has 0 saturated heterocycles. The maximum Gasteiger partial charge on any atom is 0.125 e. The van der Waals surface area contributed by atoms with Crippen LogP contribution in [0, 0.1) is 31.1 Å². The number of thiol groups is 1. The molecule has 0 aliphatic rings.